The second kappa shape index (κ2) is 3.43. The molecule has 1 aromatic heterocycles. The Morgan fingerprint density at radius 3 is 2.75 bits per heavy atom. The molecular weight excluding hydrogens is 150 g/mol. The molecule has 0 saturated carbocycles. The molecule has 0 saturated heterocycles. The SMILES string of the molecule is CCN(C)c1ncc(C)cc1N. The molecule has 1 aromatic rings. The van der Waals surface area contributed by atoms with E-state index in [1.807, 2.05) is 31.1 Å². The highest BCUT2D eigenvalue weighted by molar-refractivity contribution is 5.62. The molecule has 1 heterocycles. The normalized spacial score (nSPS) is 9.92. The van der Waals surface area contributed by atoms with E-state index in [0.29, 0.717) is 0 Å². The van der Waals surface area contributed by atoms with Crippen LogP contribution in [0.5, 0.6) is 0 Å². The lowest BCUT2D eigenvalue weighted by molar-refractivity contribution is 0.939. The van der Waals surface area contributed by atoms with E-state index in [1.165, 1.54) is 0 Å². The van der Waals surface area contributed by atoms with E-state index >= 15 is 0 Å². The lowest BCUT2D eigenvalue weighted by atomic mass is 10.3. The third-order valence-electron chi connectivity index (χ3n) is 1.87. The molecule has 0 radical (unpaired) electrons. The minimum atomic E-state index is 0.749. The van der Waals surface area contributed by atoms with Crippen LogP contribution in [0.1, 0.15) is 12.5 Å². The summed E-state index contributed by atoms with van der Waals surface area (Å²) in [7, 11) is 1.98. The second-order valence-electron chi connectivity index (χ2n) is 2.94. The molecule has 0 unspecified atom stereocenters. The molecule has 12 heavy (non-hydrogen) atoms. The lowest BCUT2D eigenvalue weighted by Crippen LogP contribution is -2.18. The van der Waals surface area contributed by atoms with E-state index < -0.39 is 0 Å². The topological polar surface area (TPSA) is 42.2 Å². The molecule has 0 amide bonds. The molecule has 66 valence electrons. The predicted octanol–water partition coefficient (Wildman–Crippen LogP) is 1.43. The number of nitrogens with two attached hydrogens (primary N) is 1. The van der Waals surface area contributed by atoms with E-state index in [1.54, 1.807) is 0 Å². The van der Waals surface area contributed by atoms with E-state index in [-0.39, 0.29) is 0 Å². The van der Waals surface area contributed by atoms with Gasteiger partial charge in [0.2, 0.25) is 0 Å². The average Bonchev–Trinajstić information content (AvgIpc) is 2.03. The van der Waals surface area contributed by atoms with Crippen LogP contribution in [0.4, 0.5) is 11.5 Å². The highest BCUT2D eigenvalue weighted by Gasteiger charge is 2.03. The predicted molar refractivity (Wildman–Crippen MR) is 52.3 cm³/mol. The molecule has 0 bridgehead atoms. The van der Waals surface area contributed by atoms with Crippen molar-refractivity contribution in [3.63, 3.8) is 0 Å². The molecule has 0 aliphatic carbocycles. The summed E-state index contributed by atoms with van der Waals surface area (Å²) in [5.41, 5.74) is 7.64. The summed E-state index contributed by atoms with van der Waals surface area (Å²) in [5, 5.41) is 0. The van der Waals surface area contributed by atoms with Gasteiger partial charge in [-0.15, -0.1) is 0 Å². The van der Waals surface area contributed by atoms with Gasteiger partial charge in [-0.2, -0.15) is 0 Å². The first kappa shape index (κ1) is 8.84. The Bertz CT molecular complexity index is 270. The Labute approximate surface area is 73.2 Å². The fourth-order valence-corrected chi connectivity index (χ4v) is 1.05. The van der Waals surface area contributed by atoms with Gasteiger partial charge in [0.15, 0.2) is 5.82 Å². The van der Waals surface area contributed by atoms with Crippen LogP contribution >= 0.6 is 0 Å². The van der Waals surface area contributed by atoms with E-state index in [2.05, 4.69) is 11.9 Å². The van der Waals surface area contributed by atoms with Crippen LogP contribution in [0.25, 0.3) is 0 Å². The van der Waals surface area contributed by atoms with Crippen molar-refractivity contribution in [1.82, 2.24) is 4.98 Å². The van der Waals surface area contributed by atoms with Crippen molar-refractivity contribution >= 4 is 11.5 Å². The molecule has 0 spiro atoms. The highest BCUT2D eigenvalue weighted by atomic mass is 15.2. The Balaban J connectivity index is 3.01. The van der Waals surface area contributed by atoms with Crippen LogP contribution in [0.2, 0.25) is 0 Å². The maximum absolute atomic E-state index is 5.79. The molecule has 1 rings (SSSR count). The molecule has 0 aromatic carbocycles. The lowest BCUT2D eigenvalue weighted by Gasteiger charge is -2.17. The first-order chi connectivity index (χ1) is 5.65. The number of hydrogen-bond donors (Lipinski definition) is 1. The van der Waals surface area contributed by atoms with E-state index in [0.717, 1.165) is 23.6 Å². The summed E-state index contributed by atoms with van der Waals surface area (Å²) in [5.74, 6) is 0.864. The van der Waals surface area contributed by atoms with Crippen LogP contribution in [0, 0.1) is 6.92 Å². The number of aryl methyl sites for hydroxylation is 1. The first-order valence-electron chi connectivity index (χ1n) is 4.08. The van der Waals surface area contributed by atoms with Gasteiger partial charge in [-0.25, -0.2) is 4.98 Å². The average molecular weight is 165 g/mol. The Morgan fingerprint density at radius 2 is 2.25 bits per heavy atom. The van der Waals surface area contributed by atoms with Crippen LogP contribution in [-0.2, 0) is 0 Å². The highest BCUT2D eigenvalue weighted by Crippen LogP contribution is 2.18. The van der Waals surface area contributed by atoms with Gasteiger partial charge in [0.05, 0.1) is 5.69 Å². The van der Waals surface area contributed by atoms with Crippen molar-refractivity contribution in [3.05, 3.63) is 17.8 Å². The summed E-state index contributed by atoms with van der Waals surface area (Å²) in [6.07, 6.45) is 1.83. The van der Waals surface area contributed by atoms with Crippen molar-refractivity contribution in [1.29, 1.82) is 0 Å². The second-order valence-corrected chi connectivity index (χ2v) is 2.94. The quantitative estimate of drug-likeness (QED) is 0.720. The fraction of sp³-hybridized carbons (Fsp3) is 0.444. The third-order valence-corrected chi connectivity index (χ3v) is 1.87. The van der Waals surface area contributed by atoms with Crippen LogP contribution in [-0.4, -0.2) is 18.6 Å². The molecule has 0 fully saturated rings. The number of rotatable bonds is 2. The maximum Gasteiger partial charge on any atom is 0.151 e. The minimum absolute atomic E-state index is 0.749. The minimum Gasteiger partial charge on any atom is -0.396 e. The monoisotopic (exact) mass is 165 g/mol. The van der Waals surface area contributed by atoms with Crippen molar-refractivity contribution in [2.24, 2.45) is 0 Å². The van der Waals surface area contributed by atoms with Crippen LogP contribution in [0.3, 0.4) is 0 Å². The zero-order valence-corrected chi connectivity index (χ0v) is 7.83. The van der Waals surface area contributed by atoms with Gasteiger partial charge in [0, 0.05) is 19.8 Å². The Morgan fingerprint density at radius 1 is 1.58 bits per heavy atom. The van der Waals surface area contributed by atoms with Gasteiger partial charge in [0.25, 0.3) is 0 Å². The number of anilines is 2. The summed E-state index contributed by atoms with van der Waals surface area (Å²) in [6, 6.07) is 1.94. The van der Waals surface area contributed by atoms with Gasteiger partial charge in [-0.3, -0.25) is 0 Å². The summed E-state index contributed by atoms with van der Waals surface area (Å²) < 4.78 is 0. The third kappa shape index (κ3) is 1.67. The van der Waals surface area contributed by atoms with Crippen molar-refractivity contribution in [3.8, 4) is 0 Å². The summed E-state index contributed by atoms with van der Waals surface area (Å²) in [4.78, 5) is 6.27. The van der Waals surface area contributed by atoms with Crippen LogP contribution in [0.15, 0.2) is 12.3 Å². The maximum atomic E-state index is 5.79. The molecular formula is C9H15N3. The number of nitrogen functional groups attached to an aromatic ring is 1. The van der Waals surface area contributed by atoms with Gasteiger partial charge >= 0.3 is 0 Å². The Kier molecular flexibility index (Phi) is 2.53. The van der Waals surface area contributed by atoms with Crippen molar-refractivity contribution in [2.75, 3.05) is 24.2 Å². The number of nitrogens with zero attached hydrogens (tertiary/aromatic N) is 2. The molecule has 2 N–H and O–H groups in total. The summed E-state index contributed by atoms with van der Waals surface area (Å²) in [6.45, 7) is 4.97. The van der Waals surface area contributed by atoms with Crippen LogP contribution < -0.4 is 10.6 Å². The zero-order chi connectivity index (χ0) is 9.14. The van der Waals surface area contributed by atoms with Gasteiger partial charge < -0.3 is 10.6 Å². The Hall–Kier alpha value is -1.25. The van der Waals surface area contributed by atoms with Crippen molar-refractivity contribution in [2.45, 2.75) is 13.8 Å². The standard InChI is InChI=1S/C9H15N3/c1-4-12(3)9-8(10)5-7(2)6-11-9/h5-6H,4,10H2,1-3H3. The first-order valence-corrected chi connectivity index (χ1v) is 4.08. The van der Waals surface area contributed by atoms with Gasteiger partial charge in [0.1, 0.15) is 0 Å². The van der Waals surface area contributed by atoms with Crippen molar-refractivity contribution < 1.29 is 0 Å². The van der Waals surface area contributed by atoms with E-state index in [4.69, 9.17) is 5.73 Å². The number of aromatic nitrogens is 1. The number of hydrogen-bond acceptors (Lipinski definition) is 3. The number of pyridine rings is 1. The molecule has 0 atom stereocenters. The summed E-state index contributed by atoms with van der Waals surface area (Å²) >= 11 is 0. The molecule has 0 aliphatic heterocycles. The molecule has 3 heteroatoms. The molecule has 0 aliphatic rings. The van der Waals surface area contributed by atoms with E-state index in [9.17, 15) is 0 Å². The smallest absolute Gasteiger partial charge is 0.151 e. The van der Waals surface area contributed by atoms with Gasteiger partial charge in [-0.05, 0) is 25.5 Å². The molecule has 3 nitrogen and oxygen atoms in total. The largest absolute Gasteiger partial charge is 0.396 e. The fourth-order valence-electron chi connectivity index (χ4n) is 1.05. The van der Waals surface area contributed by atoms with Gasteiger partial charge in [-0.1, -0.05) is 0 Å². The zero-order valence-electron chi connectivity index (χ0n) is 7.83.